The minimum atomic E-state index is -2.12. The highest BCUT2D eigenvalue weighted by molar-refractivity contribution is 7.78. The van der Waals surface area contributed by atoms with Gasteiger partial charge in [-0.2, -0.15) is 0 Å². The van der Waals surface area contributed by atoms with Gasteiger partial charge >= 0.3 is 0 Å². The lowest BCUT2D eigenvalue weighted by Gasteiger charge is -2.11. The lowest BCUT2D eigenvalue weighted by Crippen LogP contribution is -1.98. The predicted octanol–water partition coefficient (Wildman–Crippen LogP) is 5.41. The Labute approximate surface area is 199 Å². The lowest BCUT2D eigenvalue weighted by molar-refractivity contribution is 0.415. The van der Waals surface area contributed by atoms with Crippen molar-refractivity contribution in [2.75, 3.05) is 7.11 Å². The van der Waals surface area contributed by atoms with Gasteiger partial charge in [0.15, 0.2) is 5.82 Å². The van der Waals surface area contributed by atoms with Gasteiger partial charge in [0.25, 0.3) is 0 Å². The largest absolute Gasteiger partial charge is 0.772 e. The van der Waals surface area contributed by atoms with E-state index in [1.807, 2.05) is 84.9 Å². The Morgan fingerprint density at radius 3 is 2.32 bits per heavy atom. The molecule has 0 aliphatic heterocycles. The monoisotopic (exact) mass is 466 g/mol. The van der Waals surface area contributed by atoms with Crippen LogP contribution in [0.2, 0.25) is 0 Å². The summed E-state index contributed by atoms with van der Waals surface area (Å²) in [6.45, 7) is 0. The third kappa shape index (κ3) is 4.57. The molecule has 2 aromatic heterocycles. The molecule has 0 amide bonds. The summed E-state index contributed by atoms with van der Waals surface area (Å²) in [5, 5.41) is 0. The molecule has 0 aliphatic rings. The van der Waals surface area contributed by atoms with Crippen LogP contribution in [0.3, 0.4) is 0 Å². The van der Waals surface area contributed by atoms with Gasteiger partial charge in [-0.15, -0.1) is 0 Å². The number of benzene rings is 3. The molecule has 1 unspecified atom stereocenters. The fraction of sp³-hybridized carbons (Fsp3) is 0.0741. The van der Waals surface area contributed by atoms with Crippen LogP contribution in [0.1, 0.15) is 5.56 Å². The molecule has 3 aromatic carbocycles. The second kappa shape index (κ2) is 9.51. The summed E-state index contributed by atoms with van der Waals surface area (Å²) in [5.41, 5.74) is 6.53. The van der Waals surface area contributed by atoms with Crippen LogP contribution in [-0.4, -0.2) is 30.8 Å². The zero-order valence-corrected chi connectivity index (χ0v) is 19.2. The molecule has 0 saturated carbocycles. The quantitative estimate of drug-likeness (QED) is 0.311. The molecular weight excluding hydrogens is 446 g/mol. The van der Waals surface area contributed by atoms with E-state index in [-0.39, 0.29) is 5.75 Å². The second-order valence-electron chi connectivity index (χ2n) is 7.73. The molecule has 5 aromatic rings. The normalized spacial score (nSPS) is 11.9. The number of ether oxygens (including phenoxy) is 1. The standard InChI is InChI=1S/C27H21N3O3S/c1-33-23-9-5-8-21(14-23)27-29-24-15-22(19-12-10-18(11-13-19)17-34(31)32)16-28-26(24)25(30-27)20-6-3-2-4-7-20/h2-16H,17H2,1H3,(H,31,32)/p-1. The van der Waals surface area contributed by atoms with Crippen LogP contribution in [0.4, 0.5) is 0 Å². The van der Waals surface area contributed by atoms with E-state index >= 15 is 0 Å². The topological polar surface area (TPSA) is 88.0 Å². The number of hydrogen-bond acceptors (Lipinski definition) is 6. The van der Waals surface area contributed by atoms with Crippen molar-refractivity contribution in [2.24, 2.45) is 0 Å². The fourth-order valence-corrected chi connectivity index (χ4v) is 4.26. The van der Waals surface area contributed by atoms with Gasteiger partial charge in [0, 0.05) is 28.6 Å². The number of methoxy groups -OCH3 is 1. The fourth-order valence-electron chi connectivity index (χ4n) is 3.79. The Bertz CT molecular complexity index is 1490. The number of aromatic nitrogens is 3. The summed E-state index contributed by atoms with van der Waals surface area (Å²) in [4.78, 5) is 14.4. The molecule has 6 nitrogen and oxygen atoms in total. The number of nitrogens with zero attached hydrogens (tertiary/aromatic N) is 3. The van der Waals surface area contributed by atoms with Crippen molar-refractivity contribution in [1.29, 1.82) is 0 Å². The van der Waals surface area contributed by atoms with E-state index in [1.165, 1.54) is 0 Å². The van der Waals surface area contributed by atoms with E-state index in [4.69, 9.17) is 19.7 Å². The molecule has 1 atom stereocenters. The van der Waals surface area contributed by atoms with Gasteiger partial charge in [0.1, 0.15) is 17.0 Å². The summed E-state index contributed by atoms with van der Waals surface area (Å²) in [6, 6.07) is 27.0. The van der Waals surface area contributed by atoms with E-state index < -0.39 is 11.1 Å². The van der Waals surface area contributed by atoms with Crippen molar-refractivity contribution in [2.45, 2.75) is 5.75 Å². The Morgan fingerprint density at radius 2 is 1.59 bits per heavy atom. The number of fused-ring (bicyclic) bond motifs is 1. The molecule has 2 heterocycles. The Kier molecular flexibility index (Phi) is 6.12. The van der Waals surface area contributed by atoms with Gasteiger partial charge in [-0.3, -0.25) is 9.19 Å². The van der Waals surface area contributed by atoms with Crippen molar-refractivity contribution in [3.8, 4) is 39.5 Å². The molecule has 7 heteroatoms. The summed E-state index contributed by atoms with van der Waals surface area (Å²) in [5.74, 6) is 1.30. The third-order valence-corrected chi connectivity index (χ3v) is 6.05. The first-order chi connectivity index (χ1) is 16.6. The highest BCUT2D eigenvalue weighted by Crippen LogP contribution is 2.31. The molecule has 0 radical (unpaired) electrons. The number of rotatable bonds is 6. The second-order valence-corrected chi connectivity index (χ2v) is 8.63. The van der Waals surface area contributed by atoms with Gasteiger partial charge < -0.3 is 9.29 Å². The molecule has 0 bridgehead atoms. The van der Waals surface area contributed by atoms with Crippen LogP contribution >= 0.6 is 0 Å². The molecule has 0 saturated heterocycles. The summed E-state index contributed by atoms with van der Waals surface area (Å²) >= 11 is -2.12. The van der Waals surface area contributed by atoms with E-state index in [1.54, 1.807) is 13.3 Å². The van der Waals surface area contributed by atoms with E-state index in [2.05, 4.69) is 0 Å². The minimum Gasteiger partial charge on any atom is -0.772 e. The Balaban J connectivity index is 1.66. The maximum Gasteiger partial charge on any atom is 0.160 e. The SMILES string of the molecule is COc1cccc(-c2nc(-c3ccccc3)c3ncc(-c4ccc(CS(=O)[O-])cc4)cc3n2)c1. The average Bonchev–Trinajstić information content (AvgIpc) is 2.88. The number of hydrogen-bond donors (Lipinski definition) is 0. The highest BCUT2D eigenvalue weighted by Gasteiger charge is 2.14. The van der Waals surface area contributed by atoms with Gasteiger partial charge in [-0.05, 0) is 29.3 Å². The van der Waals surface area contributed by atoms with E-state index in [0.29, 0.717) is 16.9 Å². The number of pyridine rings is 1. The molecule has 34 heavy (non-hydrogen) atoms. The molecule has 5 rings (SSSR count). The summed E-state index contributed by atoms with van der Waals surface area (Å²) in [6.07, 6.45) is 1.80. The maximum absolute atomic E-state index is 11.0. The molecule has 0 fully saturated rings. The van der Waals surface area contributed by atoms with Crippen LogP contribution in [0.15, 0.2) is 91.1 Å². The third-order valence-electron chi connectivity index (χ3n) is 5.48. The lowest BCUT2D eigenvalue weighted by atomic mass is 10.0. The Hall–Kier alpha value is -3.94. The van der Waals surface area contributed by atoms with Crippen molar-refractivity contribution in [3.63, 3.8) is 0 Å². The van der Waals surface area contributed by atoms with E-state index in [0.717, 1.165) is 39.3 Å². The molecule has 0 spiro atoms. The smallest absolute Gasteiger partial charge is 0.160 e. The van der Waals surface area contributed by atoms with E-state index in [9.17, 15) is 8.76 Å². The molecule has 0 N–H and O–H groups in total. The van der Waals surface area contributed by atoms with Crippen molar-refractivity contribution < 1.29 is 13.5 Å². The van der Waals surface area contributed by atoms with Crippen LogP contribution < -0.4 is 4.74 Å². The van der Waals surface area contributed by atoms with Crippen molar-refractivity contribution >= 4 is 22.1 Å². The van der Waals surface area contributed by atoms with Crippen LogP contribution in [0.5, 0.6) is 5.75 Å². The van der Waals surface area contributed by atoms with Gasteiger partial charge in [-0.25, -0.2) is 9.97 Å². The van der Waals surface area contributed by atoms with Gasteiger partial charge in [0.2, 0.25) is 0 Å². The maximum atomic E-state index is 11.0. The average molecular weight is 467 g/mol. The summed E-state index contributed by atoms with van der Waals surface area (Å²) < 4.78 is 27.3. The van der Waals surface area contributed by atoms with Gasteiger partial charge in [-0.1, -0.05) is 77.8 Å². The van der Waals surface area contributed by atoms with Crippen molar-refractivity contribution in [3.05, 3.63) is 96.7 Å². The molecule has 168 valence electrons. The van der Waals surface area contributed by atoms with Crippen LogP contribution in [0.25, 0.3) is 44.8 Å². The molecular formula is C27H20N3O3S-. The van der Waals surface area contributed by atoms with Crippen molar-refractivity contribution in [1.82, 2.24) is 15.0 Å². The zero-order valence-electron chi connectivity index (χ0n) is 18.3. The Morgan fingerprint density at radius 1 is 0.824 bits per heavy atom. The first-order valence-corrected chi connectivity index (χ1v) is 11.9. The zero-order chi connectivity index (χ0) is 23.5. The van der Waals surface area contributed by atoms with Gasteiger partial charge in [0.05, 0.1) is 12.6 Å². The first-order valence-electron chi connectivity index (χ1n) is 10.6. The minimum absolute atomic E-state index is 0.00614. The van der Waals surface area contributed by atoms with Crippen LogP contribution in [-0.2, 0) is 16.8 Å². The summed E-state index contributed by atoms with van der Waals surface area (Å²) in [7, 11) is 1.63. The first kappa shape index (κ1) is 21.9. The predicted molar refractivity (Wildman–Crippen MR) is 133 cm³/mol. The molecule has 0 aliphatic carbocycles. The van der Waals surface area contributed by atoms with Crippen LogP contribution in [0, 0.1) is 0 Å². The highest BCUT2D eigenvalue weighted by atomic mass is 32.2.